The van der Waals surface area contributed by atoms with Gasteiger partial charge in [-0.2, -0.15) is 0 Å². The third kappa shape index (κ3) is 1.72. The predicted octanol–water partition coefficient (Wildman–Crippen LogP) is 0.0147. The molecule has 0 aliphatic carbocycles. The summed E-state index contributed by atoms with van der Waals surface area (Å²) in [5.41, 5.74) is -0.273. The van der Waals surface area contributed by atoms with Crippen LogP contribution in [0.3, 0.4) is 0 Å². The maximum Gasteiger partial charge on any atom is 0.227 e. The molecule has 2 aliphatic rings. The molecule has 4 nitrogen and oxygen atoms in total. The second kappa shape index (κ2) is 3.10. The molecule has 4 heteroatoms. The summed E-state index contributed by atoms with van der Waals surface area (Å²) in [5, 5.41) is 2.92. The summed E-state index contributed by atoms with van der Waals surface area (Å²) in [6.45, 7) is 1.29. The van der Waals surface area contributed by atoms with E-state index in [0.29, 0.717) is 19.6 Å². The molecule has 0 bridgehead atoms. The molecule has 2 heterocycles. The Labute approximate surface area is 76.6 Å². The van der Waals surface area contributed by atoms with Crippen LogP contribution in [0.4, 0.5) is 0 Å². The van der Waals surface area contributed by atoms with E-state index in [2.05, 4.69) is 5.32 Å². The molecule has 2 rings (SSSR count). The number of nitrogens with one attached hydrogen (secondary N) is 1. The Balaban J connectivity index is 2.11. The molecule has 0 radical (unpaired) electrons. The number of hydrogen-bond donors (Lipinski definition) is 1. The molecule has 0 aromatic heterocycles. The van der Waals surface area contributed by atoms with E-state index in [1.165, 1.54) is 0 Å². The van der Waals surface area contributed by atoms with Crippen molar-refractivity contribution in [2.45, 2.75) is 31.2 Å². The standard InChI is InChI=1S/C9H13NO3/c11-7-5-8(12)10-9(6-7)1-3-13-4-2-9/h1-6H2,(H,10,12). The second-order valence-corrected chi connectivity index (χ2v) is 3.83. The highest BCUT2D eigenvalue weighted by molar-refractivity contribution is 6.01. The molecule has 1 amide bonds. The summed E-state index contributed by atoms with van der Waals surface area (Å²) in [6, 6.07) is 0. The van der Waals surface area contributed by atoms with Crippen molar-refractivity contribution in [2.24, 2.45) is 0 Å². The highest BCUT2D eigenvalue weighted by atomic mass is 16.5. The fourth-order valence-corrected chi connectivity index (χ4v) is 2.07. The van der Waals surface area contributed by atoms with E-state index in [4.69, 9.17) is 4.74 Å². The zero-order valence-corrected chi connectivity index (χ0v) is 7.47. The predicted molar refractivity (Wildman–Crippen MR) is 45.2 cm³/mol. The number of carbonyl (C=O) groups is 2. The van der Waals surface area contributed by atoms with Crippen molar-refractivity contribution in [1.82, 2.24) is 5.32 Å². The molecule has 0 unspecified atom stereocenters. The van der Waals surface area contributed by atoms with Crippen LogP contribution in [0, 0.1) is 0 Å². The van der Waals surface area contributed by atoms with Gasteiger partial charge in [0.25, 0.3) is 0 Å². The first-order chi connectivity index (χ1) is 6.20. The fraction of sp³-hybridized carbons (Fsp3) is 0.778. The van der Waals surface area contributed by atoms with Crippen LogP contribution in [0.15, 0.2) is 0 Å². The number of ketones is 1. The molecule has 13 heavy (non-hydrogen) atoms. The Morgan fingerprint density at radius 1 is 1.23 bits per heavy atom. The highest BCUT2D eigenvalue weighted by Crippen LogP contribution is 2.27. The summed E-state index contributed by atoms with van der Waals surface area (Å²) in [5.74, 6) is -0.0659. The molecular formula is C9H13NO3. The second-order valence-electron chi connectivity index (χ2n) is 3.83. The summed E-state index contributed by atoms with van der Waals surface area (Å²) in [4.78, 5) is 22.4. The van der Waals surface area contributed by atoms with Crippen molar-refractivity contribution in [1.29, 1.82) is 0 Å². The van der Waals surface area contributed by atoms with Crippen LogP contribution < -0.4 is 5.32 Å². The minimum absolute atomic E-state index is 0.0581. The first-order valence-electron chi connectivity index (χ1n) is 4.61. The Hall–Kier alpha value is -0.900. The van der Waals surface area contributed by atoms with Gasteiger partial charge in [-0.1, -0.05) is 0 Å². The lowest BCUT2D eigenvalue weighted by Crippen LogP contribution is -2.56. The van der Waals surface area contributed by atoms with Gasteiger partial charge in [-0.3, -0.25) is 9.59 Å². The normalized spacial score (nSPS) is 27.4. The summed E-state index contributed by atoms with van der Waals surface area (Å²) >= 11 is 0. The van der Waals surface area contributed by atoms with E-state index in [1.54, 1.807) is 0 Å². The lowest BCUT2D eigenvalue weighted by atomic mass is 9.81. The Bertz CT molecular complexity index is 225. The van der Waals surface area contributed by atoms with Crippen molar-refractivity contribution in [2.75, 3.05) is 13.2 Å². The van der Waals surface area contributed by atoms with E-state index in [1.807, 2.05) is 0 Å². The molecule has 2 saturated heterocycles. The number of ether oxygens (including phenoxy) is 1. The topological polar surface area (TPSA) is 55.4 Å². The minimum Gasteiger partial charge on any atom is -0.381 e. The number of carbonyl (C=O) groups excluding carboxylic acids is 2. The summed E-state index contributed by atoms with van der Waals surface area (Å²) in [6.07, 6.45) is 2.08. The zero-order chi connectivity index (χ0) is 9.31. The fourth-order valence-electron chi connectivity index (χ4n) is 2.07. The first kappa shape index (κ1) is 8.69. The van der Waals surface area contributed by atoms with Crippen LogP contribution in [-0.2, 0) is 14.3 Å². The number of hydrogen-bond acceptors (Lipinski definition) is 3. The van der Waals surface area contributed by atoms with Gasteiger partial charge >= 0.3 is 0 Å². The van der Waals surface area contributed by atoms with Gasteiger partial charge in [0.05, 0.1) is 12.0 Å². The third-order valence-electron chi connectivity index (χ3n) is 2.75. The lowest BCUT2D eigenvalue weighted by Gasteiger charge is -2.40. The average Bonchev–Trinajstić information content (AvgIpc) is 2.02. The van der Waals surface area contributed by atoms with Gasteiger partial charge in [-0.25, -0.2) is 0 Å². The quantitative estimate of drug-likeness (QED) is 0.538. The van der Waals surface area contributed by atoms with E-state index < -0.39 is 0 Å². The molecular weight excluding hydrogens is 170 g/mol. The molecule has 0 saturated carbocycles. The average molecular weight is 183 g/mol. The monoisotopic (exact) mass is 183 g/mol. The van der Waals surface area contributed by atoms with Crippen LogP contribution in [0.25, 0.3) is 0 Å². The van der Waals surface area contributed by atoms with Crippen molar-refractivity contribution in [3.8, 4) is 0 Å². The van der Waals surface area contributed by atoms with Crippen molar-refractivity contribution < 1.29 is 14.3 Å². The molecule has 1 spiro atoms. The van der Waals surface area contributed by atoms with Crippen molar-refractivity contribution >= 4 is 11.7 Å². The summed E-state index contributed by atoms with van der Waals surface area (Å²) in [7, 11) is 0. The van der Waals surface area contributed by atoms with E-state index in [0.717, 1.165) is 12.8 Å². The first-order valence-corrected chi connectivity index (χ1v) is 4.61. The third-order valence-corrected chi connectivity index (χ3v) is 2.75. The van der Waals surface area contributed by atoms with Gasteiger partial charge in [-0.05, 0) is 12.8 Å². The Morgan fingerprint density at radius 3 is 2.54 bits per heavy atom. The van der Waals surface area contributed by atoms with Gasteiger partial charge < -0.3 is 10.1 Å². The molecule has 72 valence electrons. The van der Waals surface area contributed by atoms with Crippen LogP contribution in [0.2, 0.25) is 0 Å². The van der Waals surface area contributed by atoms with Crippen LogP contribution in [0.1, 0.15) is 25.7 Å². The molecule has 2 aliphatic heterocycles. The van der Waals surface area contributed by atoms with Gasteiger partial charge in [0.15, 0.2) is 0 Å². The maximum atomic E-state index is 11.2. The van der Waals surface area contributed by atoms with Gasteiger partial charge in [0, 0.05) is 19.6 Å². The minimum atomic E-state index is -0.273. The van der Waals surface area contributed by atoms with Crippen LogP contribution in [-0.4, -0.2) is 30.4 Å². The molecule has 0 aromatic carbocycles. The lowest BCUT2D eigenvalue weighted by molar-refractivity contribution is -0.136. The van der Waals surface area contributed by atoms with Crippen LogP contribution in [0.5, 0.6) is 0 Å². The Morgan fingerprint density at radius 2 is 1.92 bits per heavy atom. The summed E-state index contributed by atoms with van der Waals surface area (Å²) < 4.78 is 5.20. The molecule has 1 N–H and O–H groups in total. The number of rotatable bonds is 0. The zero-order valence-electron chi connectivity index (χ0n) is 7.47. The van der Waals surface area contributed by atoms with Crippen molar-refractivity contribution in [3.63, 3.8) is 0 Å². The van der Waals surface area contributed by atoms with E-state index >= 15 is 0 Å². The number of amides is 1. The van der Waals surface area contributed by atoms with Gasteiger partial charge in [0.2, 0.25) is 5.91 Å². The number of piperidine rings is 1. The maximum absolute atomic E-state index is 11.2. The van der Waals surface area contributed by atoms with E-state index in [9.17, 15) is 9.59 Å². The highest BCUT2D eigenvalue weighted by Gasteiger charge is 2.39. The Kier molecular flexibility index (Phi) is 2.07. The van der Waals surface area contributed by atoms with Gasteiger partial charge in [0.1, 0.15) is 5.78 Å². The van der Waals surface area contributed by atoms with Crippen LogP contribution >= 0.6 is 0 Å². The molecule has 0 aromatic rings. The van der Waals surface area contributed by atoms with Gasteiger partial charge in [-0.15, -0.1) is 0 Å². The van der Waals surface area contributed by atoms with Crippen molar-refractivity contribution in [3.05, 3.63) is 0 Å². The largest absolute Gasteiger partial charge is 0.381 e. The molecule has 2 fully saturated rings. The van der Waals surface area contributed by atoms with E-state index in [-0.39, 0.29) is 23.7 Å². The smallest absolute Gasteiger partial charge is 0.227 e. The SMILES string of the molecule is O=C1CC(=O)NC2(CCOCC2)C1. The molecule has 0 atom stereocenters. The number of Topliss-reactive ketones (excluding diaryl/α,β-unsaturated/α-hetero) is 1.